The van der Waals surface area contributed by atoms with Crippen molar-refractivity contribution in [2.45, 2.75) is 38.8 Å². The van der Waals surface area contributed by atoms with Gasteiger partial charge in [-0.2, -0.15) is 0 Å². The third-order valence-electron chi connectivity index (χ3n) is 4.29. The molecule has 0 aliphatic carbocycles. The van der Waals surface area contributed by atoms with Crippen LogP contribution in [-0.4, -0.2) is 31.1 Å². The van der Waals surface area contributed by atoms with Crippen LogP contribution in [-0.2, 0) is 4.79 Å². The smallest absolute Gasteiger partial charge is 0.237 e. The number of nitrogens with zero attached hydrogens (tertiary/aromatic N) is 1. The molecule has 1 fully saturated rings. The second-order valence-electron chi connectivity index (χ2n) is 5.83. The van der Waals surface area contributed by atoms with Crippen molar-refractivity contribution in [1.82, 2.24) is 5.32 Å². The Morgan fingerprint density at radius 1 is 1.45 bits per heavy atom. The fraction of sp³-hybridized carbons (Fsp3) is 0.562. The second kappa shape index (κ2) is 8.75. The lowest BCUT2D eigenvalue weighted by atomic mass is 9.99. The van der Waals surface area contributed by atoms with Crippen LogP contribution in [0, 0.1) is 5.92 Å². The monoisotopic (exact) mass is 389 g/mol. The van der Waals surface area contributed by atoms with Gasteiger partial charge in [0.2, 0.25) is 5.91 Å². The van der Waals surface area contributed by atoms with E-state index in [0.717, 1.165) is 30.4 Å². The Bertz CT molecular complexity index is 483. The number of nitrogens with two attached hydrogens (primary N) is 1. The zero-order valence-corrected chi connectivity index (χ0v) is 15.5. The number of hydrogen-bond donors (Lipinski definition) is 2. The molecule has 1 aromatic rings. The Hall–Kier alpha value is -0.780. The molecule has 0 saturated carbocycles. The van der Waals surface area contributed by atoms with Crippen LogP contribution in [0.5, 0.6) is 0 Å². The van der Waals surface area contributed by atoms with E-state index in [0.29, 0.717) is 0 Å². The van der Waals surface area contributed by atoms with E-state index >= 15 is 0 Å². The van der Waals surface area contributed by atoms with Gasteiger partial charge in [0, 0.05) is 29.3 Å². The maximum absolute atomic E-state index is 12.1. The van der Waals surface area contributed by atoms with Crippen molar-refractivity contribution in [2.75, 3.05) is 18.0 Å². The molecule has 0 spiro atoms. The van der Waals surface area contributed by atoms with Gasteiger partial charge in [-0.3, -0.25) is 4.79 Å². The van der Waals surface area contributed by atoms with Gasteiger partial charge in [-0.25, -0.2) is 0 Å². The topological polar surface area (TPSA) is 58.4 Å². The molecule has 2 rings (SSSR count). The van der Waals surface area contributed by atoms with Crippen LogP contribution < -0.4 is 16.0 Å². The first-order valence-corrected chi connectivity index (χ1v) is 8.37. The predicted octanol–water partition coefficient (Wildman–Crippen LogP) is 2.94. The van der Waals surface area contributed by atoms with Gasteiger partial charge in [-0.05, 0) is 36.6 Å². The van der Waals surface area contributed by atoms with E-state index in [9.17, 15) is 4.79 Å². The van der Waals surface area contributed by atoms with Crippen molar-refractivity contribution in [3.8, 4) is 0 Å². The second-order valence-corrected chi connectivity index (χ2v) is 6.74. The van der Waals surface area contributed by atoms with E-state index in [1.807, 2.05) is 19.1 Å². The van der Waals surface area contributed by atoms with Gasteiger partial charge in [0.25, 0.3) is 0 Å². The van der Waals surface area contributed by atoms with E-state index in [1.165, 1.54) is 5.69 Å². The van der Waals surface area contributed by atoms with Crippen LogP contribution in [0.3, 0.4) is 0 Å². The number of carbonyl (C=O) groups is 1. The Balaban J connectivity index is 0.00000242. The van der Waals surface area contributed by atoms with Crippen molar-refractivity contribution in [3.63, 3.8) is 0 Å². The minimum absolute atomic E-state index is 0. The Labute approximate surface area is 147 Å². The molecule has 22 heavy (non-hydrogen) atoms. The van der Waals surface area contributed by atoms with E-state index in [2.05, 4.69) is 45.2 Å². The molecule has 3 atom stereocenters. The highest BCUT2D eigenvalue weighted by molar-refractivity contribution is 9.10. The summed E-state index contributed by atoms with van der Waals surface area (Å²) >= 11 is 3.45. The number of benzene rings is 1. The first-order valence-electron chi connectivity index (χ1n) is 7.57. The van der Waals surface area contributed by atoms with Crippen LogP contribution in [0.4, 0.5) is 5.69 Å². The summed E-state index contributed by atoms with van der Waals surface area (Å²) in [5.74, 6) is 0.195. The van der Waals surface area contributed by atoms with Crippen molar-refractivity contribution in [3.05, 3.63) is 28.7 Å². The maximum Gasteiger partial charge on any atom is 0.237 e. The molecule has 0 radical (unpaired) electrons. The SMILES string of the molecule is CCC(C)C(N)C(=O)NC1CCN(c2ccc(Br)cc2)C1.Cl. The number of carbonyl (C=O) groups excluding carboxylic acids is 1. The summed E-state index contributed by atoms with van der Waals surface area (Å²) < 4.78 is 1.08. The Kier molecular flexibility index (Phi) is 7.66. The fourth-order valence-electron chi connectivity index (χ4n) is 2.57. The first kappa shape index (κ1) is 19.3. The lowest BCUT2D eigenvalue weighted by molar-refractivity contribution is -0.124. The van der Waals surface area contributed by atoms with Crippen LogP contribution in [0.2, 0.25) is 0 Å². The molecule has 4 nitrogen and oxygen atoms in total. The Morgan fingerprint density at radius 3 is 2.68 bits per heavy atom. The average Bonchev–Trinajstić information content (AvgIpc) is 2.94. The van der Waals surface area contributed by atoms with Gasteiger partial charge >= 0.3 is 0 Å². The minimum atomic E-state index is -0.406. The zero-order valence-electron chi connectivity index (χ0n) is 13.1. The molecule has 0 aromatic heterocycles. The molecule has 1 aliphatic heterocycles. The summed E-state index contributed by atoms with van der Waals surface area (Å²) in [6.45, 7) is 5.89. The third-order valence-corrected chi connectivity index (χ3v) is 4.81. The number of nitrogens with one attached hydrogen (secondary N) is 1. The molecule has 1 aromatic carbocycles. The summed E-state index contributed by atoms with van der Waals surface area (Å²) in [7, 11) is 0. The lowest BCUT2D eigenvalue weighted by Crippen LogP contribution is -2.49. The summed E-state index contributed by atoms with van der Waals surface area (Å²) in [6, 6.07) is 8.06. The fourth-order valence-corrected chi connectivity index (χ4v) is 2.84. The summed E-state index contributed by atoms with van der Waals surface area (Å²) in [4.78, 5) is 14.4. The highest BCUT2D eigenvalue weighted by Gasteiger charge is 2.27. The number of halogens is 2. The van der Waals surface area contributed by atoms with Gasteiger partial charge in [0.1, 0.15) is 0 Å². The molecule has 3 N–H and O–H groups in total. The summed E-state index contributed by atoms with van der Waals surface area (Å²) in [6.07, 6.45) is 1.89. The van der Waals surface area contributed by atoms with Crippen molar-refractivity contribution < 1.29 is 4.79 Å². The van der Waals surface area contributed by atoms with Crippen LogP contribution in [0.25, 0.3) is 0 Å². The standard InChI is InChI=1S/C16H24BrN3O.ClH/c1-3-11(2)15(18)16(21)19-13-8-9-20(10-13)14-6-4-12(17)5-7-14;/h4-7,11,13,15H,3,8-10,18H2,1-2H3,(H,19,21);1H. The number of hydrogen-bond acceptors (Lipinski definition) is 3. The van der Waals surface area contributed by atoms with Gasteiger partial charge in [0.15, 0.2) is 0 Å². The quantitative estimate of drug-likeness (QED) is 0.812. The molecule has 1 saturated heterocycles. The van der Waals surface area contributed by atoms with Crippen LogP contribution in [0.15, 0.2) is 28.7 Å². The Morgan fingerprint density at radius 2 is 2.09 bits per heavy atom. The van der Waals surface area contributed by atoms with E-state index in [-0.39, 0.29) is 30.3 Å². The largest absolute Gasteiger partial charge is 0.369 e. The highest BCUT2D eigenvalue weighted by atomic mass is 79.9. The van der Waals surface area contributed by atoms with E-state index in [1.54, 1.807) is 0 Å². The lowest BCUT2D eigenvalue weighted by Gasteiger charge is -2.22. The summed E-state index contributed by atoms with van der Waals surface area (Å²) in [5.41, 5.74) is 7.18. The molecule has 1 heterocycles. The first-order chi connectivity index (χ1) is 10.0. The van der Waals surface area contributed by atoms with Crippen molar-refractivity contribution in [2.24, 2.45) is 11.7 Å². The number of rotatable bonds is 5. The maximum atomic E-state index is 12.1. The molecule has 1 aliphatic rings. The normalized spacial score (nSPS) is 20.2. The van der Waals surface area contributed by atoms with Gasteiger partial charge in [-0.15, -0.1) is 12.4 Å². The zero-order chi connectivity index (χ0) is 15.4. The number of amides is 1. The average molecular weight is 391 g/mol. The van der Waals surface area contributed by atoms with E-state index < -0.39 is 6.04 Å². The molecule has 0 bridgehead atoms. The molecule has 1 amide bonds. The number of anilines is 1. The molecular weight excluding hydrogens is 366 g/mol. The highest BCUT2D eigenvalue weighted by Crippen LogP contribution is 2.22. The summed E-state index contributed by atoms with van der Waals surface area (Å²) in [5, 5.41) is 3.09. The van der Waals surface area contributed by atoms with Gasteiger partial charge < -0.3 is 16.0 Å². The van der Waals surface area contributed by atoms with Crippen molar-refractivity contribution >= 4 is 39.9 Å². The molecule has 3 unspecified atom stereocenters. The predicted molar refractivity (Wildman–Crippen MR) is 97.6 cm³/mol. The van der Waals surface area contributed by atoms with Gasteiger partial charge in [-0.1, -0.05) is 36.2 Å². The van der Waals surface area contributed by atoms with Gasteiger partial charge in [0.05, 0.1) is 6.04 Å². The van der Waals surface area contributed by atoms with Crippen molar-refractivity contribution in [1.29, 1.82) is 0 Å². The van der Waals surface area contributed by atoms with E-state index in [4.69, 9.17) is 5.73 Å². The molecular formula is C16H25BrClN3O. The van der Waals surface area contributed by atoms with Crippen LogP contribution >= 0.6 is 28.3 Å². The minimum Gasteiger partial charge on any atom is -0.369 e. The molecule has 124 valence electrons. The van der Waals surface area contributed by atoms with Crippen LogP contribution in [0.1, 0.15) is 26.7 Å². The third kappa shape index (κ3) is 4.86. The molecule has 6 heteroatoms.